The van der Waals surface area contributed by atoms with Crippen molar-refractivity contribution in [2.24, 2.45) is 17.8 Å². The lowest BCUT2D eigenvalue weighted by Crippen LogP contribution is -2.54. The largest absolute Gasteiger partial charge is 0.402 e. The predicted molar refractivity (Wildman–Crippen MR) is 64.2 cm³/mol. The van der Waals surface area contributed by atoms with E-state index in [-0.39, 0.29) is 5.92 Å². The second-order valence-corrected chi connectivity index (χ2v) is 5.58. The molecular formula is C13H21F6N. The second-order valence-electron chi connectivity index (χ2n) is 5.58. The van der Waals surface area contributed by atoms with Crippen molar-refractivity contribution in [1.29, 1.82) is 0 Å². The lowest BCUT2D eigenvalue weighted by molar-refractivity contribution is -0.295. The van der Waals surface area contributed by atoms with Gasteiger partial charge in [-0.2, -0.15) is 26.3 Å². The van der Waals surface area contributed by atoms with Crippen LogP contribution in [0, 0.1) is 17.8 Å². The van der Waals surface area contributed by atoms with Gasteiger partial charge in [-0.3, -0.25) is 0 Å². The number of hydrogen-bond donors (Lipinski definition) is 1. The molecule has 0 spiro atoms. The molecule has 1 aliphatic rings. The highest BCUT2D eigenvalue weighted by molar-refractivity contribution is 4.92. The minimum absolute atomic E-state index is 0.228. The third-order valence-electron chi connectivity index (χ3n) is 4.31. The first kappa shape index (κ1) is 17.6. The molecule has 7 heteroatoms. The fourth-order valence-corrected chi connectivity index (χ4v) is 3.30. The Bertz CT molecular complexity index is 284. The van der Waals surface area contributed by atoms with Gasteiger partial charge in [0.05, 0.1) is 0 Å². The molecule has 20 heavy (non-hydrogen) atoms. The number of rotatable bonds is 4. The highest BCUT2D eigenvalue weighted by Crippen LogP contribution is 2.46. The number of nitrogens with one attached hydrogen (secondary N) is 1. The molecule has 1 fully saturated rings. The highest BCUT2D eigenvalue weighted by Gasteiger charge is 2.61. The zero-order valence-corrected chi connectivity index (χ0v) is 11.6. The third-order valence-corrected chi connectivity index (χ3v) is 4.31. The van der Waals surface area contributed by atoms with Gasteiger partial charge in [-0.1, -0.05) is 26.2 Å². The molecule has 0 saturated heterocycles. The molecule has 0 radical (unpaired) electrons. The van der Waals surface area contributed by atoms with Crippen LogP contribution in [0.2, 0.25) is 0 Å². The molecular weight excluding hydrogens is 284 g/mol. The first-order chi connectivity index (χ1) is 9.11. The summed E-state index contributed by atoms with van der Waals surface area (Å²) in [4.78, 5) is 0. The van der Waals surface area contributed by atoms with E-state index in [1.807, 2.05) is 6.92 Å². The molecule has 3 atom stereocenters. The maximum atomic E-state index is 12.8. The zero-order chi connectivity index (χ0) is 15.6. The van der Waals surface area contributed by atoms with Crippen LogP contribution in [-0.4, -0.2) is 25.4 Å². The fourth-order valence-electron chi connectivity index (χ4n) is 3.30. The zero-order valence-electron chi connectivity index (χ0n) is 11.6. The number of hydrogen-bond acceptors (Lipinski definition) is 1. The van der Waals surface area contributed by atoms with Crippen LogP contribution in [0.25, 0.3) is 0 Å². The van der Waals surface area contributed by atoms with E-state index < -0.39 is 30.2 Å². The molecule has 1 saturated carbocycles. The Labute approximate surface area is 115 Å². The van der Waals surface area contributed by atoms with E-state index in [2.05, 4.69) is 5.32 Å². The van der Waals surface area contributed by atoms with E-state index in [0.717, 1.165) is 12.8 Å². The summed E-state index contributed by atoms with van der Waals surface area (Å²) in [7, 11) is 1.19. The number of halogens is 6. The van der Waals surface area contributed by atoms with Gasteiger partial charge in [0.2, 0.25) is 0 Å². The third kappa shape index (κ3) is 4.27. The molecule has 120 valence electrons. The Morgan fingerprint density at radius 3 is 2.00 bits per heavy atom. The van der Waals surface area contributed by atoms with Crippen LogP contribution in [-0.2, 0) is 0 Å². The van der Waals surface area contributed by atoms with Crippen molar-refractivity contribution in [1.82, 2.24) is 5.32 Å². The topological polar surface area (TPSA) is 12.0 Å². The van der Waals surface area contributed by atoms with Gasteiger partial charge >= 0.3 is 12.4 Å². The van der Waals surface area contributed by atoms with E-state index in [4.69, 9.17) is 0 Å². The lowest BCUT2D eigenvalue weighted by Gasteiger charge is -2.39. The van der Waals surface area contributed by atoms with Crippen molar-refractivity contribution < 1.29 is 26.3 Å². The van der Waals surface area contributed by atoms with Crippen LogP contribution in [0.5, 0.6) is 0 Å². The molecule has 0 amide bonds. The number of alkyl halides is 6. The molecule has 0 aliphatic heterocycles. The van der Waals surface area contributed by atoms with Crippen LogP contribution in [0.4, 0.5) is 26.3 Å². The quantitative estimate of drug-likeness (QED) is 0.752. The van der Waals surface area contributed by atoms with Gasteiger partial charge < -0.3 is 5.32 Å². The Morgan fingerprint density at radius 2 is 1.60 bits per heavy atom. The van der Waals surface area contributed by atoms with Gasteiger partial charge in [-0.25, -0.2) is 0 Å². The van der Waals surface area contributed by atoms with E-state index in [9.17, 15) is 26.3 Å². The summed E-state index contributed by atoms with van der Waals surface area (Å²) in [5.41, 5.74) is 0. The van der Waals surface area contributed by atoms with E-state index >= 15 is 0 Å². The molecule has 0 aromatic rings. The summed E-state index contributed by atoms with van der Waals surface area (Å²) in [6.07, 6.45) is -7.29. The molecule has 0 aromatic carbocycles. The van der Waals surface area contributed by atoms with Gasteiger partial charge in [-0.05, 0) is 31.7 Å². The van der Waals surface area contributed by atoms with E-state index in [0.29, 0.717) is 19.3 Å². The Kier molecular flexibility index (Phi) is 5.75. The van der Waals surface area contributed by atoms with Gasteiger partial charge in [0.25, 0.3) is 0 Å². The standard InChI is InChI=1S/C13H21F6N/c1-3-8-5-4-6-9(7-8)10(20-2)11(12(14,15)16)13(17,18)19/h8-11,20H,3-7H2,1-2H3. The Hall–Kier alpha value is -0.460. The maximum absolute atomic E-state index is 12.8. The van der Waals surface area contributed by atoms with Crippen LogP contribution in [0.1, 0.15) is 39.0 Å². The van der Waals surface area contributed by atoms with Crippen molar-refractivity contribution in [3.63, 3.8) is 0 Å². The van der Waals surface area contributed by atoms with Crippen molar-refractivity contribution in [2.75, 3.05) is 7.05 Å². The van der Waals surface area contributed by atoms with Crippen LogP contribution < -0.4 is 5.32 Å². The molecule has 3 unspecified atom stereocenters. The summed E-state index contributed by atoms with van der Waals surface area (Å²) in [5.74, 6) is -3.64. The fraction of sp³-hybridized carbons (Fsp3) is 1.00. The second kappa shape index (κ2) is 6.54. The Balaban J connectivity index is 2.96. The molecule has 1 rings (SSSR count). The molecule has 1 nitrogen and oxygen atoms in total. The van der Waals surface area contributed by atoms with Crippen molar-refractivity contribution >= 4 is 0 Å². The summed E-state index contributed by atoms with van der Waals surface area (Å²) < 4.78 is 77.0. The van der Waals surface area contributed by atoms with Gasteiger partial charge in [0.1, 0.15) is 0 Å². The first-order valence-corrected chi connectivity index (χ1v) is 6.91. The van der Waals surface area contributed by atoms with Crippen LogP contribution >= 0.6 is 0 Å². The molecule has 1 N–H and O–H groups in total. The molecule has 0 heterocycles. The maximum Gasteiger partial charge on any atom is 0.402 e. The summed E-state index contributed by atoms with van der Waals surface area (Å²) in [6.45, 7) is 1.92. The smallest absolute Gasteiger partial charge is 0.316 e. The highest BCUT2D eigenvalue weighted by atomic mass is 19.4. The van der Waals surface area contributed by atoms with Gasteiger partial charge in [0.15, 0.2) is 5.92 Å². The molecule has 0 bridgehead atoms. The first-order valence-electron chi connectivity index (χ1n) is 6.91. The average Bonchev–Trinajstić information content (AvgIpc) is 2.32. The van der Waals surface area contributed by atoms with E-state index in [1.165, 1.54) is 7.05 Å². The summed E-state index contributed by atoms with van der Waals surface area (Å²) >= 11 is 0. The predicted octanol–water partition coefficient (Wildman–Crippen LogP) is 4.53. The minimum Gasteiger partial charge on any atom is -0.316 e. The Morgan fingerprint density at radius 1 is 1.05 bits per heavy atom. The normalized spacial score (nSPS) is 26.9. The van der Waals surface area contributed by atoms with Crippen LogP contribution in [0.15, 0.2) is 0 Å². The summed E-state index contributed by atoms with van der Waals surface area (Å²) in [6, 6.07) is -1.59. The molecule has 0 aromatic heterocycles. The van der Waals surface area contributed by atoms with Crippen LogP contribution in [0.3, 0.4) is 0 Å². The van der Waals surface area contributed by atoms with Gasteiger partial charge in [0, 0.05) is 6.04 Å². The average molecular weight is 305 g/mol. The van der Waals surface area contributed by atoms with Crippen molar-refractivity contribution in [3.8, 4) is 0 Å². The minimum atomic E-state index is -5.27. The lowest BCUT2D eigenvalue weighted by atomic mass is 9.73. The summed E-state index contributed by atoms with van der Waals surface area (Å²) in [5, 5.41) is 2.29. The van der Waals surface area contributed by atoms with Crippen molar-refractivity contribution in [3.05, 3.63) is 0 Å². The van der Waals surface area contributed by atoms with Gasteiger partial charge in [-0.15, -0.1) is 0 Å². The molecule has 1 aliphatic carbocycles. The SMILES string of the molecule is CCC1CCCC(C(NC)C(C(F)(F)F)C(F)(F)F)C1. The monoisotopic (exact) mass is 305 g/mol. The van der Waals surface area contributed by atoms with Crippen molar-refractivity contribution in [2.45, 2.75) is 57.4 Å². The van der Waals surface area contributed by atoms with E-state index in [1.54, 1.807) is 0 Å².